The predicted molar refractivity (Wildman–Crippen MR) is 109 cm³/mol. The van der Waals surface area contributed by atoms with Gasteiger partial charge < -0.3 is 14.2 Å². The fourth-order valence-electron chi connectivity index (χ4n) is 3.02. The van der Waals surface area contributed by atoms with Gasteiger partial charge in [0.1, 0.15) is 10.7 Å². The Kier molecular flexibility index (Phi) is 6.12. The largest absolute Gasteiger partial charge is 0.378 e. The molecule has 1 aliphatic rings. The van der Waals surface area contributed by atoms with Crippen molar-refractivity contribution < 1.29 is 9.53 Å². The normalized spacial score (nSPS) is 16.2. The average molecular weight is 398 g/mol. The number of thiazole rings is 1. The van der Waals surface area contributed by atoms with E-state index in [1.54, 1.807) is 18.0 Å². The van der Waals surface area contributed by atoms with E-state index in [2.05, 4.69) is 13.8 Å². The molecule has 146 valence electrons. The zero-order valence-electron chi connectivity index (χ0n) is 16.3. The van der Waals surface area contributed by atoms with Crippen molar-refractivity contribution in [3.8, 4) is 6.07 Å². The number of carbonyl (C=O) groups excluding carboxylic acids is 1. The molecule has 1 fully saturated rings. The number of carbonyl (C=O) groups is 1. The molecule has 1 aromatic heterocycles. The highest BCUT2D eigenvalue weighted by Crippen LogP contribution is 2.14. The zero-order chi connectivity index (χ0) is 20.3. The van der Waals surface area contributed by atoms with Gasteiger partial charge in [0.15, 0.2) is 5.57 Å². The van der Waals surface area contributed by atoms with E-state index in [1.807, 2.05) is 30.3 Å². The Labute approximate surface area is 167 Å². The lowest BCUT2D eigenvalue weighted by Crippen LogP contribution is -2.42. The summed E-state index contributed by atoms with van der Waals surface area (Å²) in [4.78, 5) is 27.0. The van der Waals surface area contributed by atoms with Crippen LogP contribution in [0.4, 0.5) is 0 Å². The molecular weight excluding hydrogens is 374 g/mol. The van der Waals surface area contributed by atoms with Gasteiger partial charge in [0, 0.05) is 20.1 Å². The lowest BCUT2D eigenvalue weighted by atomic mass is 10.0. The van der Waals surface area contributed by atoms with Crippen LogP contribution in [-0.2, 0) is 16.6 Å². The summed E-state index contributed by atoms with van der Waals surface area (Å²) >= 11 is 1.17. The summed E-state index contributed by atoms with van der Waals surface area (Å²) in [6.45, 7) is 6.07. The summed E-state index contributed by atoms with van der Waals surface area (Å²) in [5.41, 5.74) is 1.93. The van der Waals surface area contributed by atoms with Crippen molar-refractivity contribution in [3.05, 3.63) is 54.9 Å². The van der Waals surface area contributed by atoms with Gasteiger partial charge in [0.05, 0.1) is 17.7 Å². The molecule has 3 rings (SSSR count). The van der Waals surface area contributed by atoms with Crippen molar-refractivity contribution in [2.75, 3.05) is 26.3 Å². The molecule has 0 radical (unpaired) electrons. The van der Waals surface area contributed by atoms with Crippen LogP contribution in [0.2, 0.25) is 0 Å². The third-order valence-electron chi connectivity index (χ3n) is 4.77. The molecule has 1 aliphatic heterocycles. The Bertz CT molecular complexity index is 1080. The fourth-order valence-corrected chi connectivity index (χ4v) is 4.11. The number of rotatable bonds is 3. The molecule has 2 heterocycles. The maximum atomic E-state index is 12.8. The average Bonchev–Trinajstić information content (AvgIpc) is 2.98. The Hall–Kier alpha value is -2.69. The first-order valence-electron chi connectivity index (χ1n) is 9.21. The van der Waals surface area contributed by atoms with Crippen LogP contribution in [0.5, 0.6) is 0 Å². The lowest BCUT2D eigenvalue weighted by molar-refractivity contribution is -0.128. The molecule has 0 saturated carbocycles. The van der Waals surface area contributed by atoms with Gasteiger partial charge in [-0.1, -0.05) is 38.1 Å². The standard InChI is InChI=1S/C21H23N3O3S/c1-14(2)16-6-4-15(5-7-16)12-18-20(26)23(3)21(28-18)17(13-22)19(25)24-8-10-27-11-9-24/h4-7,12,14H,8-11H2,1-3H3. The maximum Gasteiger partial charge on any atom is 0.268 e. The van der Waals surface area contributed by atoms with E-state index >= 15 is 0 Å². The third-order valence-corrected chi connectivity index (χ3v) is 5.95. The summed E-state index contributed by atoms with van der Waals surface area (Å²) in [6.07, 6.45) is 1.80. The molecule has 0 spiro atoms. The summed E-state index contributed by atoms with van der Waals surface area (Å²) in [5, 5.41) is 9.59. The SMILES string of the molecule is CC(C)c1ccc(C=c2sc(=C(C#N)C(=O)N3CCOCC3)n(C)c2=O)cc1. The minimum Gasteiger partial charge on any atom is -0.378 e. The number of aromatic nitrogens is 1. The van der Waals surface area contributed by atoms with Crippen molar-refractivity contribution in [2.24, 2.45) is 7.05 Å². The molecule has 28 heavy (non-hydrogen) atoms. The van der Waals surface area contributed by atoms with Crippen LogP contribution in [0.1, 0.15) is 30.9 Å². The van der Waals surface area contributed by atoms with Crippen LogP contribution < -0.4 is 14.8 Å². The molecule has 0 bridgehead atoms. The molecule has 6 nitrogen and oxygen atoms in total. The number of hydrogen-bond donors (Lipinski definition) is 0. The second-order valence-electron chi connectivity index (χ2n) is 6.99. The van der Waals surface area contributed by atoms with Crippen molar-refractivity contribution in [1.29, 1.82) is 5.26 Å². The highest BCUT2D eigenvalue weighted by molar-refractivity contribution is 7.07. The molecule has 0 unspecified atom stereocenters. The van der Waals surface area contributed by atoms with E-state index in [9.17, 15) is 14.9 Å². The summed E-state index contributed by atoms with van der Waals surface area (Å²) < 4.78 is 7.53. The number of nitrogens with zero attached hydrogens (tertiary/aromatic N) is 3. The maximum absolute atomic E-state index is 12.8. The first-order chi connectivity index (χ1) is 13.4. The molecule has 1 aromatic carbocycles. The van der Waals surface area contributed by atoms with Crippen LogP contribution in [0, 0.1) is 11.3 Å². The lowest BCUT2D eigenvalue weighted by Gasteiger charge is -2.26. The highest BCUT2D eigenvalue weighted by Gasteiger charge is 2.22. The second kappa shape index (κ2) is 8.55. The summed E-state index contributed by atoms with van der Waals surface area (Å²) in [5.74, 6) is 0.0877. The molecule has 2 aromatic rings. The molecule has 0 atom stereocenters. The molecule has 0 aliphatic carbocycles. The molecule has 0 N–H and O–H groups in total. The van der Waals surface area contributed by atoms with E-state index < -0.39 is 0 Å². The van der Waals surface area contributed by atoms with E-state index in [0.717, 1.165) is 5.56 Å². The van der Waals surface area contributed by atoms with E-state index in [1.165, 1.54) is 21.5 Å². The third kappa shape index (κ3) is 4.08. The minimum atomic E-state index is -0.351. The zero-order valence-corrected chi connectivity index (χ0v) is 17.1. The van der Waals surface area contributed by atoms with Crippen molar-refractivity contribution in [2.45, 2.75) is 19.8 Å². The van der Waals surface area contributed by atoms with Crippen LogP contribution in [0.3, 0.4) is 0 Å². The monoisotopic (exact) mass is 397 g/mol. The topological polar surface area (TPSA) is 75.3 Å². The summed E-state index contributed by atoms with van der Waals surface area (Å²) in [6, 6.07) is 10.0. The number of morpholine rings is 1. The fraction of sp³-hybridized carbons (Fsp3) is 0.381. The number of amides is 1. The van der Waals surface area contributed by atoms with E-state index in [-0.39, 0.29) is 17.0 Å². The van der Waals surface area contributed by atoms with E-state index in [0.29, 0.717) is 41.4 Å². The number of ether oxygens (including phenoxy) is 1. The quantitative estimate of drug-likeness (QED) is 0.772. The van der Waals surface area contributed by atoms with Gasteiger partial charge in [-0.25, -0.2) is 0 Å². The Morgan fingerprint density at radius 2 is 1.89 bits per heavy atom. The first-order valence-corrected chi connectivity index (χ1v) is 10.0. The van der Waals surface area contributed by atoms with Gasteiger partial charge in [-0.05, 0) is 23.1 Å². The molecule has 1 saturated heterocycles. The Morgan fingerprint density at radius 3 is 2.46 bits per heavy atom. The van der Waals surface area contributed by atoms with Gasteiger partial charge in [0.25, 0.3) is 11.5 Å². The number of benzene rings is 1. The van der Waals surface area contributed by atoms with Crippen molar-refractivity contribution in [1.82, 2.24) is 9.47 Å². The number of nitriles is 1. The second-order valence-corrected chi connectivity index (χ2v) is 8.02. The molecule has 7 heteroatoms. The Balaban J connectivity index is 2.06. The number of hydrogen-bond acceptors (Lipinski definition) is 5. The Morgan fingerprint density at radius 1 is 1.25 bits per heavy atom. The smallest absolute Gasteiger partial charge is 0.268 e. The van der Waals surface area contributed by atoms with Gasteiger partial charge in [-0.15, -0.1) is 11.3 Å². The summed E-state index contributed by atoms with van der Waals surface area (Å²) in [7, 11) is 1.59. The van der Waals surface area contributed by atoms with Crippen LogP contribution in [0.15, 0.2) is 29.1 Å². The van der Waals surface area contributed by atoms with Gasteiger partial charge in [-0.3, -0.25) is 9.59 Å². The van der Waals surface area contributed by atoms with Gasteiger partial charge in [-0.2, -0.15) is 5.26 Å². The highest BCUT2D eigenvalue weighted by atomic mass is 32.1. The predicted octanol–water partition coefficient (Wildman–Crippen LogP) is 0.932. The van der Waals surface area contributed by atoms with Crippen molar-refractivity contribution in [3.63, 3.8) is 0 Å². The molecule has 1 amide bonds. The van der Waals surface area contributed by atoms with Crippen LogP contribution in [-0.4, -0.2) is 41.7 Å². The van der Waals surface area contributed by atoms with Crippen LogP contribution >= 0.6 is 11.3 Å². The molecular formula is C21H23N3O3S. The first kappa shape index (κ1) is 20.1. The van der Waals surface area contributed by atoms with Gasteiger partial charge >= 0.3 is 0 Å². The van der Waals surface area contributed by atoms with Crippen molar-refractivity contribution >= 4 is 28.9 Å². The van der Waals surface area contributed by atoms with Gasteiger partial charge in [0.2, 0.25) is 0 Å². The van der Waals surface area contributed by atoms with E-state index in [4.69, 9.17) is 4.74 Å². The minimum absolute atomic E-state index is 0.00121. The van der Waals surface area contributed by atoms with Crippen LogP contribution in [0.25, 0.3) is 11.6 Å².